The molecule has 0 saturated heterocycles. The number of thiophene rings is 1. The topological polar surface area (TPSA) is 95.1 Å². The second-order valence-corrected chi connectivity index (χ2v) is 8.42. The molecule has 26 heavy (non-hydrogen) atoms. The fourth-order valence-corrected chi connectivity index (χ4v) is 5.02. The molecule has 3 rings (SSSR count). The van der Waals surface area contributed by atoms with E-state index in [9.17, 15) is 18.1 Å². The van der Waals surface area contributed by atoms with E-state index in [1.165, 1.54) is 18.2 Å². The van der Waals surface area contributed by atoms with E-state index < -0.39 is 18.6 Å². The average molecular weight is 463 g/mol. The highest BCUT2D eigenvalue weighted by molar-refractivity contribution is 9.10. The highest BCUT2D eigenvalue weighted by Crippen LogP contribution is 2.54. The molecule has 0 spiro atoms. The number of rotatable bonds is 5. The van der Waals surface area contributed by atoms with Crippen molar-refractivity contribution in [3.63, 3.8) is 0 Å². The van der Waals surface area contributed by atoms with Gasteiger partial charge in [-0.3, -0.25) is 4.79 Å². The smallest absolute Gasteiger partial charge is 0.345 e. The molecule has 0 aliphatic heterocycles. The van der Waals surface area contributed by atoms with E-state index >= 15 is 0 Å². The van der Waals surface area contributed by atoms with Gasteiger partial charge in [-0.1, -0.05) is 0 Å². The van der Waals surface area contributed by atoms with Crippen LogP contribution in [0.4, 0.5) is 8.78 Å². The highest BCUT2D eigenvalue weighted by Gasteiger charge is 2.56. The first kappa shape index (κ1) is 19.0. The van der Waals surface area contributed by atoms with Gasteiger partial charge in [0, 0.05) is 27.5 Å². The van der Waals surface area contributed by atoms with Crippen molar-refractivity contribution in [2.24, 2.45) is 0 Å². The number of aromatic nitrogens is 2. The number of aryl methyl sites for hydroxylation is 1. The Balaban J connectivity index is 1.88. The van der Waals surface area contributed by atoms with Crippen molar-refractivity contribution in [2.45, 2.75) is 19.1 Å². The maximum atomic E-state index is 13.9. The van der Waals surface area contributed by atoms with Gasteiger partial charge in [-0.25, -0.2) is 4.98 Å². The molecule has 6 nitrogen and oxygen atoms in total. The Morgan fingerprint density at radius 3 is 2.85 bits per heavy atom. The van der Waals surface area contributed by atoms with Gasteiger partial charge in [0.25, 0.3) is 5.91 Å². The van der Waals surface area contributed by atoms with Crippen LogP contribution in [0.15, 0.2) is 28.9 Å². The second kappa shape index (κ2) is 7.11. The Morgan fingerprint density at radius 2 is 2.23 bits per heavy atom. The van der Waals surface area contributed by atoms with E-state index in [1.807, 2.05) is 6.92 Å². The molecule has 11 heteroatoms. The number of aromatic amines is 1. The Kier molecular flexibility index (Phi) is 5.21. The summed E-state index contributed by atoms with van der Waals surface area (Å²) in [4.78, 5) is 27.7. The van der Waals surface area contributed by atoms with Crippen molar-refractivity contribution in [1.82, 2.24) is 15.3 Å². The standard InChI is InChI=1S/C15H11BrF2N3O3PS/c1-7-5-19-11(21-7)6-20-14(22)8-2-3-10-9(4-8)12(16)13(26-10)15(17,18)25(23)24/h2-5H,6H2,1H3,(H2-,19,20,21,22,23,24)/p+1. The SMILES string of the molecule is Cc1cnc(CNC(=O)c2ccc3sc(C(F)(F)[P+](=O)O)c(Br)c3c2)[nH]1. The lowest BCUT2D eigenvalue weighted by atomic mass is 10.1. The lowest BCUT2D eigenvalue weighted by Crippen LogP contribution is -2.23. The largest absolute Gasteiger partial charge is 0.590 e. The number of benzene rings is 1. The summed E-state index contributed by atoms with van der Waals surface area (Å²) >= 11 is 3.77. The summed E-state index contributed by atoms with van der Waals surface area (Å²) in [7, 11) is -3.72. The molecule has 3 aromatic rings. The molecule has 0 bridgehead atoms. The van der Waals surface area contributed by atoms with E-state index in [4.69, 9.17) is 4.89 Å². The fourth-order valence-electron chi connectivity index (χ4n) is 2.31. The van der Waals surface area contributed by atoms with E-state index in [2.05, 4.69) is 31.2 Å². The van der Waals surface area contributed by atoms with Gasteiger partial charge in [-0.05, 0) is 45.6 Å². The number of alkyl halides is 2. The van der Waals surface area contributed by atoms with E-state index in [-0.39, 0.29) is 22.5 Å². The van der Waals surface area contributed by atoms with Gasteiger partial charge in [0.2, 0.25) is 0 Å². The summed E-state index contributed by atoms with van der Waals surface area (Å²) in [6.45, 7) is 2.04. The number of fused-ring (bicyclic) bond motifs is 1. The second-order valence-electron chi connectivity index (χ2n) is 5.47. The number of hydrogen-bond donors (Lipinski definition) is 3. The molecule has 1 unspecified atom stereocenters. The van der Waals surface area contributed by atoms with Crippen LogP contribution in [0.5, 0.6) is 0 Å². The van der Waals surface area contributed by atoms with Crippen molar-refractivity contribution >= 4 is 51.3 Å². The number of imidazole rings is 1. The number of nitrogens with one attached hydrogen (secondary N) is 2. The molecule has 1 atom stereocenters. The number of H-pyrrole nitrogens is 1. The third-order valence-corrected chi connectivity index (χ3v) is 6.76. The molecule has 136 valence electrons. The van der Waals surface area contributed by atoms with Crippen LogP contribution < -0.4 is 5.32 Å². The van der Waals surface area contributed by atoms with Crippen LogP contribution in [0.25, 0.3) is 10.1 Å². The van der Waals surface area contributed by atoms with Crippen LogP contribution in [-0.4, -0.2) is 20.8 Å². The van der Waals surface area contributed by atoms with Crippen molar-refractivity contribution in [1.29, 1.82) is 0 Å². The Bertz CT molecular complexity index is 1020. The van der Waals surface area contributed by atoms with Crippen LogP contribution in [0, 0.1) is 6.92 Å². The minimum Gasteiger partial charge on any atom is -0.345 e. The quantitative estimate of drug-likeness (QED) is 0.489. The van der Waals surface area contributed by atoms with Gasteiger partial charge in [0.05, 0.1) is 11.0 Å². The average Bonchev–Trinajstić information content (AvgIpc) is 3.16. The van der Waals surface area contributed by atoms with E-state index in [0.29, 0.717) is 27.2 Å². The Morgan fingerprint density at radius 1 is 1.50 bits per heavy atom. The minimum atomic E-state index is -3.86. The van der Waals surface area contributed by atoms with Crippen molar-refractivity contribution < 1.29 is 23.0 Å². The van der Waals surface area contributed by atoms with Gasteiger partial charge < -0.3 is 10.3 Å². The predicted octanol–water partition coefficient (Wildman–Crippen LogP) is 4.41. The molecule has 3 N–H and O–H groups in total. The maximum absolute atomic E-state index is 13.9. The molecule has 2 aromatic heterocycles. The molecule has 1 aromatic carbocycles. The first-order chi connectivity index (χ1) is 12.2. The minimum absolute atomic E-state index is 0.0104. The number of hydrogen-bond acceptors (Lipinski definition) is 4. The van der Waals surface area contributed by atoms with Crippen molar-refractivity contribution in [3.05, 3.63) is 50.8 Å². The highest BCUT2D eigenvalue weighted by atomic mass is 79.9. The molecule has 0 radical (unpaired) electrons. The molecule has 0 saturated carbocycles. The number of nitrogens with zero attached hydrogens (tertiary/aromatic N) is 1. The summed E-state index contributed by atoms with van der Waals surface area (Å²) in [6, 6.07) is 4.50. The zero-order chi connectivity index (χ0) is 19.1. The fraction of sp³-hybridized carbons (Fsp3) is 0.200. The van der Waals surface area contributed by atoms with Gasteiger partial charge in [0.1, 0.15) is 10.7 Å². The normalized spacial score (nSPS) is 12.4. The first-order valence-corrected chi connectivity index (χ1v) is 10.1. The van der Waals surface area contributed by atoms with Gasteiger partial charge in [-0.15, -0.1) is 20.1 Å². The van der Waals surface area contributed by atoms with E-state index in [0.717, 1.165) is 5.69 Å². The van der Waals surface area contributed by atoms with Gasteiger partial charge >= 0.3 is 13.7 Å². The summed E-state index contributed by atoms with van der Waals surface area (Å²) < 4.78 is 39.3. The molecule has 1 amide bonds. The zero-order valence-electron chi connectivity index (χ0n) is 13.2. The monoisotopic (exact) mass is 462 g/mol. The number of halogens is 3. The lowest BCUT2D eigenvalue weighted by Gasteiger charge is -2.04. The van der Waals surface area contributed by atoms with Crippen LogP contribution in [0.2, 0.25) is 0 Å². The predicted molar refractivity (Wildman–Crippen MR) is 97.7 cm³/mol. The Hall–Kier alpha value is -1.74. The molecule has 0 aliphatic carbocycles. The summed E-state index contributed by atoms with van der Waals surface area (Å²) in [5.41, 5.74) is -2.71. The summed E-state index contributed by atoms with van der Waals surface area (Å²) in [5, 5.41) is 3.07. The maximum Gasteiger partial charge on any atom is 0.590 e. The number of carbonyl (C=O) groups is 1. The third kappa shape index (κ3) is 3.55. The first-order valence-electron chi connectivity index (χ1n) is 7.25. The molecular weight excluding hydrogens is 451 g/mol. The zero-order valence-corrected chi connectivity index (χ0v) is 16.5. The van der Waals surface area contributed by atoms with E-state index in [1.54, 1.807) is 6.20 Å². The van der Waals surface area contributed by atoms with Gasteiger partial charge in [0.15, 0.2) is 0 Å². The van der Waals surface area contributed by atoms with Crippen molar-refractivity contribution in [3.8, 4) is 0 Å². The molecular formula is C15H12BrF2N3O3PS+. The van der Waals surface area contributed by atoms with Crippen LogP contribution in [-0.2, 0) is 16.8 Å². The lowest BCUT2D eigenvalue weighted by molar-refractivity contribution is 0.0849. The van der Waals surface area contributed by atoms with Crippen LogP contribution in [0.1, 0.15) is 26.8 Å². The summed E-state index contributed by atoms with van der Waals surface area (Å²) in [5.74, 6) is 0.211. The molecule has 2 heterocycles. The molecule has 0 aliphatic rings. The van der Waals surface area contributed by atoms with Crippen LogP contribution in [0.3, 0.4) is 0 Å². The number of amides is 1. The molecule has 0 fully saturated rings. The van der Waals surface area contributed by atoms with Gasteiger partial charge in [-0.2, -0.15) is 4.89 Å². The van der Waals surface area contributed by atoms with Crippen molar-refractivity contribution in [2.75, 3.05) is 0 Å². The number of carbonyl (C=O) groups excluding carboxylic acids is 1. The summed E-state index contributed by atoms with van der Waals surface area (Å²) in [6.07, 6.45) is 1.64. The van der Waals surface area contributed by atoms with Crippen LogP contribution >= 0.6 is 35.3 Å². The Labute approximate surface area is 159 Å². The third-order valence-electron chi connectivity index (χ3n) is 3.57.